The van der Waals surface area contributed by atoms with Crippen molar-refractivity contribution in [3.8, 4) is 10.8 Å². The van der Waals surface area contributed by atoms with Gasteiger partial charge in [0.15, 0.2) is 0 Å². The van der Waals surface area contributed by atoms with Crippen molar-refractivity contribution in [1.29, 1.82) is 0 Å². The van der Waals surface area contributed by atoms with Crippen LogP contribution in [0.25, 0.3) is 10.8 Å². The average Bonchev–Trinajstić information content (AvgIpc) is 3.37. The molecule has 12 heteroatoms. The van der Waals surface area contributed by atoms with E-state index in [9.17, 15) is 17.6 Å². The molecule has 1 unspecified atom stereocenters. The number of halogens is 2. The van der Waals surface area contributed by atoms with Crippen molar-refractivity contribution < 1.29 is 22.0 Å². The highest BCUT2D eigenvalue weighted by Crippen LogP contribution is 2.31. The maximum atomic E-state index is 13.1. The molecule has 0 radical (unpaired) electrons. The topological polar surface area (TPSA) is 105 Å². The lowest BCUT2D eigenvalue weighted by atomic mass is 9.99. The summed E-state index contributed by atoms with van der Waals surface area (Å²) in [6.45, 7) is 0.311. The Kier molecular flexibility index (Phi) is 6.00. The first-order chi connectivity index (χ1) is 14.3. The predicted molar refractivity (Wildman–Crippen MR) is 112 cm³/mol. The summed E-state index contributed by atoms with van der Waals surface area (Å²) in [5.74, 6) is -1.19. The van der Waals surface area contributed by atoms with E-state index in [1.807, 2.05) is 12.1 Å². The van der Waals surface area contributed by atoms with Crippen molar-refractivity contribution in [3.63, 3.8) is 0 Å². The first-order valence-corrected chi connectivity index (χ1v) is 12.0. The number of aromatic nitrogens is 2. The van der Waals surface area contributed by atoms with E-state index in [0.717, 1.165) is 20.8 Å². The fourth-order valence-electron chi connectivity index (χ4n) is 3.14. The molecule has 8 nitrogen and oxygen atoms in total. The molecule has 1 saturated heterocycles. The molecule has 3 heterocycles. The molecule has 1 atom stereocenters. The summed E-state index contributed by atoms with van der Waals surface area (Å²) < 4.78 is 46.4. The zero-order valence-electron chi connectivity index (χ0n) is 15.4. The van der Waals surface area contributed by atoms with Crippen LogP contribution < -0.4 is 5.32 Å². The van der Waals surface area contributed by atoms with Crippen LogP contribution in [0.15, 0.2) is 49.5 Å². The van der Waals surface area contributed by atoms with Gasteiger partial charge in [0.1, 0.15) is 5.82 Å². The molecule has 0 saturated carbocycles. The SMILES string of the molecule is O=C(Nc1nnc(-c2ccc(Br)s2)o1)C1CCCN(S(=O)(=O)c2ccc(F)cc2)C1. The smallest absolute Gasteiger partial charge is 0.322 e. The summed E-state index contributed by atoms with van der Waals surface area (Å²) in [5.41, 5.74) is 0. The Balaban J connectivity index is 1.44. The van der Waals surface area contributed by atoms with E-state index < -0.39 is 27.7 Å². The Morgan fingerprint density at radius 3 is 2.70 bits per heavy atom. The number of carbonyl (C=O) groups is 1. The van der Waals surface area contributed by atoms with E-state index in [1.165, 1.54) is 27.8 Å². The van der Waals surface area contributed by atoms with E-state index in [4.69, 9.17) is 4.42 Å². The summed E-state index contributed by atoms with van der Waals surface area (Å²) in [6, 6.07) is 8.25. The third kappa shape index (κ3) is 4.46. The Morgan fingerprint density at radius 1 is 1.23 bits per heavy atom. The van der Waals surface area contributed by atoms with Crippen molar-refractivity contribution in [1.82, 2.24) is 14.5 Å². The molecule has 0 aliphatic carbocycles. The maximum Gasteiger partial charge on any atom is 0.322 e. The number of nitrogens with one attached hydrogen (secondary N) is 1. The van der Waals surface area contributed by atoms with Crippen LogP contribution in [0.2, 0.25) is 0 Å². The van der Waals surface area contributed by atoms with Crippen LogP contribution in [0.5, 0.6) is 0 Å². The zero-order valence-corrected chi connectivity index (χ0v) is 18.6. The fraction of sp³-hybridized carbons (Fsp3) is 0.278. The monoisotopic (exact) mass is 514 g/mol. The Bertz CT molecular complexity index is 1160. The van der Waals surface area contributed by atoms with Crippen molar-refractivity contribution >= 4 is 49.2 Å². The van der Waals surface area contributed by atoms with Gasteiger partial charge in [-0.3, -0.25) is 10.1 Å². The molecule has 1 fully saturated rings. The maximum absolute atomic E-state index is 13.1. The number of nitrogens with zero attached hydrogens (tertiary/aromatic N) is 3. The molecule has 1 aliphatic heterocycles. The molecule has 158 valence electrons. The van der Waals surface area contributed by atoms with Gasteiger partial charge in [-0.25, -0.2) is 12.8 Å². The van der Waals surface area contributed by atoms with Crippen molar-refractivity contribution in [2.45, 2.75) is 17.7 Å². The second-order valence-corrected chi connectivity index (χ2v) is 11.1. The Hall–Kier alpha value is -2.15. The summed E-state index contributed by atoms with van der Waals surface area (Å²) in [6.07, 6.45) is 1.05. The van der Waals surface area contributed by atoms with Crippen LogP contribution in [0.4, 0.5) is 10.4 Å². The largest absolute Gasteiger partial charge is 0.402 e. The molecular weight excluding hydrogens is 499 g/mol. The molecule has 3 aromatic rings. The van der Waals surface area contributed by atoms with Crippen LogP contribution in [0, 0.1) is 11.7 Å². The average molecular weight is 515 g/mol. The highest BCUT2D eigenvalue weighted by Gasteiger charge is 2.33. The van der Waals surface area contributed by atoms with Gasteiger partial charge in [0.2, 0.25) is 15.9 Å². The number of hydrogen-bond acceptors (Lipinski definition) is 7. The summed E-state index contributed by atoms with van der Waals surface area (Å²) in [7, 11) is -3.82. The van der Waals surface area contributed by atoms with E-state index in [-0.39, 0.29) is 23.3 Å². The highest BCUT2D eigenvalue weighted by molar-refractivity contribution is 9.11. The van der Waals surface area contributed by atoms with Crippen molar-refractivity contribution in [3.05, 3.63) is 46.0 Å². The number of piperidine rings is 1. The van der Waals surface area contributed by atoms with E-state index >= 15 is 0 Å². The van der Waals surface area contributed by atoms with Crippen LogP contribution in [-0.4, -0.2) is 41.9 Å². The summed E-state index contributed by atoms with van der Waals surface area (Å²) >= 11 is 4.77. The van der Waals surface area contributed by atoms with Crippen LogP contribution >= 0.6 is 27.3 Å². The molecule has 1 N–H and O–H groups in total. The third-order valence-corrected chi connectivity index (χ3v) is 8.14. The number of carbonyl (C=O) groups excluding carboxylic acids is 1. The van der Waals surface area contributed by atoms with Gasteiger partial charge in [-0.2, -0.15) is 4.31 Å². The normalized spacial score (nSPS) is 17.7. The van der Waals surface area contributed by atoms with Crippen LogP contribution in [0.1, 0.15) is 12.8 Å². The number of rotatable bonds is 5. The third-order valence-electron chi connectivity index (χ3n) is 4.65. The van der Waals surface area contributed by atoms with Gasteiger partial charge in [-0.05, 0) is 65.2 Å². The lowest BCUT2D eigenvalue weighted by molar-refractivity contribution is -0.121. The minimum absolute atomic E-state index is 0.00592. The number of anilines is 1. The van der Waals surface area contributed by atoms with Crippen LogP contribution in [0.3, 0.4) is 0 Å². The van der Waals surface area contributed by atoms with Gasteiger partial charge in [0.05, 0.1) is 19.5 Å². The van der Waals surface area contributed by atoms with Gasteiger partial charge < -0.3 is 4.42 Å². The minimum Gasteiger partial charge on any atom is -0.402 e. The lowest BCUT2D eigenvalue weighted by Gasteiger charge is -2.30. The molecule has 1 aliphatic rings. The number of thiophene rings is 1. The fourth-order valence-corrected chi connectivity index (χ4v) is 5.97. The second-order valence-electron chi connectivity index (χ2n) is 6.66. The lowest BCUT2D eigenvalue weighted by Crippen LogP contribution is -2.43. The first kappa shape index (κ1) is 21.1. The Labute approximate surface area is 184 Å². The molecule has 1 amide bonds. The van der Waals surface area contributed by atoms with Gasteiger partial charge in [-0.1, -0.05) is 5.10 Å². The number of amides is 1. The summed E-state index contributed by atoms with van der Waals surface area (Å²) in [4.78, 5) is 13.4. The number of hydrogen-bond donors (Lipinski definition) is 1. The van der Waals surface area contributed by atoms with Gasteiger partial charge in [0.25, 0.3) is 5.89 Å². The van der Waals surface area contributed by atoms with Gasteiger partial charge >= 0.3 is 6.01 Å². The predicted octanol–water partition coefficient (Wildman–Crippen LogP) is 3.74. The molecule has 1 aromatic carbocycles. The highest BCUT2D eigenvalue weighted by atomic mass is 79.9. The summed E-state index contributed by atoms with van der Waals surface area (Å²) in [5, 5.41) is 10.3. The van der Waals surface area contributed by atoms with Crippen LogP contribution in [-0.2, 0) is 14.8 Å². The molecule has 4 rings (SSSR count). The molecule has 0 spiro atoms. The standard InChI is InChI=1S/C18H16BrFN4O4S2/c19-15-8-7-14(29-15)17-22-23-18(28-17)21-16(25)11-2-1-9-24(10-11)30(26,27)13-5-3-12(20)4-6-13/h3-8,11H,1-2,9-10H2,(H,21,23,25). The van der Waals surface area contributed by atoms with E-state index in [2.05, 4.69) is 31.4 Å². The molecule has 0 bridgehead atoms. The second kappa shape index (κ2) is 8.53. The van der Waals surface area contributed by atoms with Crippen molar-refractivity contribution in [2.24, 2.45) is 5.92 Å². The molecular formula is C18H16BrFN4O4S2. The van der Waals surface area contributed by atoms with Gasteiger partial charge in [0, 0.05) is 13.1 Å². The van der Waals surface area contributed by atoms with Crippen molar-refractivity contribution in [2.75, 3.05) is 18.4 Å². The number of sulfonamides is 1. The number of benzene rings is 1. The molecule has 2 aromatic heterocycles. The quantitative estimate of drug-likeness (QED) is 0.555. The van der Waals surface area contributed by atoms with Gasteiger partial charge in [-0.15, -0.1) is 16.4 Å². The zero-order chi connectivity index (χ0) is 21.3. The first-order valence-electron chi connectivity index (χ1n) is 8.99. The minimum atomic E-state index is -3.82. The van der Waals surface area contributed by atoms with E-state index in [1.54, 1.807) is 0 Å². The molecule has 30 heavy (non-hydrogen) atoms. The Morgan fingerprint density at radius 2 is 2.00 bits per heavy atom. The van der Waals surface area contributed by atoms with E-state index in [0.29, 0.717) is 19.4 Å².